The normalized spacial score (nSPS) is 16.6. The molecule has 0 saturated carbocycles. The number of piperidine rings is 1. The van der Waals surface area contributed by atoms with Crippen molar-refractivity contribution in [2.24, 2.45) is 0 Å². The van der Waals surface area contributed by atoms with Crippen molar-refractivity contribution in [2.75, 3.05) is 25.4 Å². The van der Waals surface area contributed by atoms with Gasteiger partial charge < -0.3 is 10.2 Å². The highest BCUT2D eigenvalue weighted by atomic mass is 32.2. The molecule has 0 spiro atoms. The van der Waals surface area contributed by atoms with Crippen molar-refractivity contribution in [2.45, 2.75) is 50.2 Å². The highest BCUT2D eigenvalue weighted by Gasteiger charge is 2.18. The van der Waals surface area contributed by atoms with Crippen molar-refractivity contribution >= 4 is 17.7 Å². The molecule has 1 aromatic heterocycles. The molecule has 4 rings (SSSR count). The fourth-order valence-corrected chi connectivity index (χ4v) is 5.10. The Morgan fingerprint density at radius 3 is 2.58 bits per heavy atom. The largest absolute Gasteiger partial charge is 0.355 e. The highest BCUT2D eigenvalue weighted by molar-refractivity contribution is 7.99. The first kappa shape index (κ1) is 23.5. The summed E-state index contributed by atoms with van der Waals surface area (Å²) < 4.78 is 2.06. The van der Waals surface area contributed by atoms with Crippen LogP contribution in [0.5, 0.6) is 0 Å². The molecule has 7 heteroatoms. The van der Waals surface area contributed by atoms with Crippen LogP contribution >= 0.6 is 11.8 Å². The number of benzene rings is 2. The van der Waals surface area contributed by atoms with Crippen LogP contribution in [-0.4, -0.2) is 57.0 Å². The van der Waals surface area contributed by atoms with Crippen LogP contribution in [0.2, 0.25) is 0 Å². The molecule has 6 nitrogen and oxygen atoms in total. The van der Waals surface area contributed by atoms with Gasteiger partial charge in [0, 0.05) is 31.2 Å². The number of nitrogens with zero attached hydrogens (tertiary/aromatic N) is 4. The van der Waals surface area contributed by atoms with Crippen molar-refractivity contribution in [1.82, 2.24) is 25.0 Å². The van der Waals surface area contributed by atoms with Gasteiger partial charge >= 0.3 is 0 Å². The number of nitrogens with one attached hydrogen (secondary N) is 1. The summed E-state index contributed by atoms with van der Waals surface area (Å²) in [5, 5.41) is 12.7. The van der Waals surface area contributed by atoms with Gasteiger partial charge in [0.25, 0.3) is 0 Å². The van der Waals surface area contributed by atoms with Crippen molar-refractivity contribution in [3.05, 3.63) is 72.1 Å². The van der Waals surface area contributed by atoms with Crippen LogP contribution in [0, 0.1) is 0 Å². The lowest BCUT2D eigenvalue weighted by atomic mass is 10.0. The number of thioether (sulfide) groups is 1. The second-order valence-corrected chi connectivity index (χ2v) is 9.55. The Morgan fingerprint density at radius 1 is 1.06 bits per heavy atom. The fourth-order valence-electron chi connectivity index (χ4n) is 4.30. The van der Waals surface area contributed by atoms with Crippen LogP contribution < -0.4 is 5.32 Å². The van der Waals surface area contributed by atoms with Gasteiger partial charge in [0.05, 0.1) is 5.75 Å². The molecule has 1 aliphatic heterocycles. The van der Waals surface area contributed by atoms with E-state index in [-0.39, 0.29) is 5.91 Å². The Bertz CT molecular complexity index is 1010. The van der Waals surface area contributed by atoms with Crippen LogP contribution in [0.3, 0.4) is 0 Å². The quantitative estimate of drug-likeness (QED) is 0.358. The lowest BCUT2D eigenvalue weighted by Crippen LogP contribution is -2.39. The molecular weight excluding hydrogens is 430 g/mol. The first-order valence-electron chi connectivity index (χ1n) is 11.9. The molecule has 0 radical (unpaired) electrons. The number of carbonyl (C=O) groups excluding carboxylic acids is 1. The molecular formula is C26H33N5OS. The standard InChI is InChI=1S/C26H33N5OS/c1-21-11-8-9-17-30(21)18-10-16-27-25(32)20-33-26-29-28-24(19-22-12-4-2-5-13-22)31(26)23-14-6-3-7-15-23/h2-7,12-15,21H,8-11,16-20H2,1H3,(H,27,32). The molecule has 1 saturated heterocycles. The van der Waals surface area contributed by atoms with E-state index in [1.54, 1.807) is 0 Å². The van der Waals surface area contributed by atoms with Crippen LogP contribution in [0.15, 0.2) is 65.8 Å². The molecule has 1 atom stereocenters. The molecule has 1 amide bonds. The molecule has 1 fully saturated rings. The van der Waals surface area contributed by atoms with Gasteiger partial charge in [-0.2, -0.15) is 0 Å². The first-order valence-corrected chi connectivity index (χ1v) is 12.9. The fraction of sp³-hybridized carbons (Fsp3) is 0.423. The van der Waals surface area contributed by atoms with E-state index in [0.29, 0.717) is 24.8 Å². The molecule has 2 heterocycles. The summed E-state index contributed by atoms with van der Waals surface area (Å²) in [4.78, 5) is 15.0. The molecule has 1 aliphatic rings. The molecule has 33 heavy (non-hydrogen) atoms. The zero-order valence-electron chi connectivity index (χ0n) is 19.3. The maximum absolute atomic E-state index is 12.5. The topological polar surface area (TPSA) is 63.1 Å². The summed E-state index contributed by atoms with van der Waals surface area (Å²) in [5.74, 6) is 1.24. The van der Waals surface area contributed by atoms with Crippen LogP contribution in [0.25, 0.3) is 5.69 Å². The zero-order chi connectivity index (χ0) is 22.9. The summed E-state index contributed by atoms with van der Waals surface area (Å²) in [6.45, 7) is 5.27. The number of amides is 1. The number of likely N-dealkylation sites (tertiary alicyclic amines) is 1. The lowest BCUT2D eigenvalue weighted by Gasteiger charge is -2.33. The number of rotatable bonds is 10. The number of hydrogen-bond donors (Lipinski definition) is 1. The first-order chi connectivity index (χ1) is 16.2. The van der Waals surface area contributed by atoms with Crippen molar-refractivity contribution < 1.29 is 4.79 Å². The Balaban J connectivity index is 1.33. The van der Waals surface area contributed by atoms with Crippen molar-refractivity contribution in [1.29, 1.82) is 0 Å². The number of para-hydroxylation sites is 1. The molecule has 3 aromatic rings. The molecule has 0 bridgehead atoms. The minimum Gasteiger partial charge on any atom is -0.355 e. The summed E-state index contributed by atoms with van der Waals surface area (Å²) >= 11 is 1.43. The van der Waals surface area contributed by atoms with E-state index >= 15 is 0 Å². The van der Waals surface area contributed by atoms with Gasteiger partial charge in [0.1, 0.15) is 5.82 Å². The van der Waals surface area contributed by atoms with Gasteiger partial charge in [0.2, 0.25) is 5.91 Å². The molecule has 1 unspecified atom stereocenters. The molecule has 174 valence electrons. The average molecular weight is 464 g/mol. The molecule has 1 N–H and O–H groups in total. The second kappa shape index (κ2) is 12.0. The van der Waals surface area contributed by atoms with Gasteiger partial charge in [-0.15, -0.1) is 10.2 Å². The predicted octanol–water partition coefficient (Wildman–Crippen LogP) is 4.33. The third-order valence-electron chi connectivity index (χ3n) is 6.14. The van der Waals surface area contributed by atoms with E-state index < -0.39 is 0 Å². The third kappa shape index (κ3) is 6.68. The SMILES string of the molecule is CC1CCCCN1CCCNC(=O)CSc1nnc(Cc2ccccc2)n1-c1ccccc1. The van der Waals surface area contributed by atoms with Gasteiger partial charge in [-0.1, -0.05) is 66.7 Å². The third-order valence-corrected chi connectivity index (χ3v) is 7.07. The van der Waals surface area contributed by atoms with E-state index in [1.807, 2.05) is 48.5 Å². The van der Waals surface area contributed by atoms with E-state index in [0.717, 1.165) is 29.6 Å². The van der Waals surface area contributed by atoms with E-state index in [1.165, 1.54) is 43.1 Å². The Morgan fingerprint density at radius 2 is 1.82 bits per heavy atom. The number of carbonyl (C=O) groups is 1. The zero-order valence-corrected chi connectivity index (χ0v) is 20.1. The van der Waals surface area contributed by atoms with Gasteiger partial charge in [-0.25, -0.2) is 0 Å². The summed E-state index contributed by atoms with van der Waals surface area (Å²) in [7, 11) is 0. The highest BCUT2D eigenvalue weighted by Crippen LogP contribution is 2.23. The van der Waals surface area contributed by atoms with Crippen molar-refractivity contribution in [3.8, 4) is 5.69 Å². The van der Waals surface area contributed by atoms with Crippen LogP contribution in [0.4, 0.5) is 0 Å². The summed E-state index contributed by atoms with van der Waals surface area (Å²) in [6, 6.07) is 21.0. The summed E-state index contributed by atoms with van der Waals surface area (Å²) in [6.07, 6.45) is 5.60. The van der Waals surface area contributed by atoms with Gasteiger partial charge in [-0.3, -0.25) is 9.36 Å². The smallest absolute Gasteiger partial charge is 0.230 e. The number of hydrogen-bond acceptors (Lipinski definition) is 5. The van der Waals surface area contributed by atoms with E-state index in [2.05, 4.69) is 44.0 Å². The molecule has 2 aromatic carbocycles. The monoisotopic (exact) mass is 463 g/mol. The maximum atomic E-state index is 12.5. The summed E-state index contributed by atoms with van der Waals surface area (Å²) in [5.41, 5.74) is 2.19. The minimum atomic E-state index is 0.0407. The maximum Gasteiger partial charge on any atom is 0.230 e. The average Bonchev–Trinajstić information content (AvgIpc) is 3.25. The Kier molecular flexibility index (Phi) is 8.55. The van der Waals surface area contributed by atoms with Crippen LogP contribution in [0.1, 0.15) is 44.0 Å². The Labute approximate surface area is 200 Å². The minimum absolute atomic E-state index is 0.0407. The number of aromatic nitrogens is 3. The second-order valence-electron chi connectivity index (χ2n) is 8.61. The van der Waals surface area contributed by atoms with Crippen molar-refractivity contribution in [3.63, 3.8) is 0 Å². The van der Waals surface area contributed by atoms with E-state index in [4.69, 9.17) is 0 Å². The van der Waals surface area contributed by atoms with Gasteiger partial charge in [0.15, 0.2) is 5.16 Å². The predicted molar refractivity (Wildman–Crippen MR) is 134 cm³/mol. The Hall–Kier alpha value is -2.64. The van der Waals surface area contributed by atoms with Crippen LogP contribution in [-0.2, 0) is 11.2 Å². The van der Waals surface area contributed by atoms with Gasteiger partial charge in [-0.05, 0) is 50.4 Å². The van der Waals surface area contributed by atoms with E-state index in [9.17, 15) is 4.79 Å². The molecule has 0 aliphatic carbocycles. The lowest BCUT2D eigenvalue weighted by molar-refractivity contribution is -0.118.